The van der Waals surface area contributed by atoms with Crippen LogP contribution in [0, 0.1) is 0 Å². The number of rotatable bonds is 8. The minimum Gasteiger partial charge on any atom is -0.506 e. The summed E-state index contributed by atoms with van der Waals surface area (Å²) < 4.78 is 17.4. The van der Waals surface area contributed by atoms with Crippen LogP contribution in [0.4, 0.5) is 5.69 Å². The van der Waals surface area contributed by atoms with E-state index >= 15 is 0 Å². The minimum atomic E-state index is -0.618. The number of hydrogen-bond donors (Lipinski definition) is 3. The molecule has 31 heavy (non-hydrogen) atoms. The maximum atomic E-state index is 12.9. The molecule has 0 saturated heterocycles. The van der Waals surface area contributed by atoms with Crippen molar-refractivity contribution in [1.82, 2.24) is 0 Å². The number of aliphatic hydroxyl groups excluding tert-OH is 1. The van der Waals surface area contributed by atoms with Crippen LogP contribution in [0.3, 0.4) is 0 Å². The van der Waals surface area contributed by atoms with Crippen LogP contribution in [0.1, 0.15) is 30.7 Å². The van der Waals surface area contributed by atoms with E-state index in [1.807, 2.05) is 24.3 Å². The molecule has 0 aliphatic carbocycles. The van der Waals surface area contributed by atoms with Gasteiger partial charge in [-0.1, -0.05) is 30.3 Å². The Morgan fingerprint density at radius 2 is 1.94 bits per heavy atom. The van der Waals surface area contributed by atoms with E-state index in [9.17, 15) is 9.90 Å². The molecule has 2 aromatic carbocycles. The van der Waals surface area contributed by atoms with E-state index < -0.39 is 12.2 Å². The van der Waals surface area contributed by atoms with Gasteiger partial charge in [-0.15, -0.1) is 0 Å². The summed E-state index contributed by atoms with van der Waals surface area (Å²) in [6, 6.07) is 14.2. The highest BCUT2D eigenvalue weighted by Gasteiger charge is 2.30. The molecule has 7 nitrogen and oxygen atoms in total. The first-order valence-corrected chi connectivity index (χ1v) is 10.3. The quantitative estimate of drug-likeness (QED) is 0.369. The Hall–Kier alpha value is -3.29. The van der Waals surface area contributed by atoms with Crippen molar-refractivity contribution < 1.29 is 28.9 Å². The highest BCUT2D eigenvalue weighted by molar-refractivity contribution is 6.03. The predicted molar refractivity (Wildman–Crippen MR) is 116 cm³/mol. The monoisotopic (exact) mass is 423 g/mol. The molecule has 3 N–H and O–H groups in total. The van der Waals surface area contributed by atoms with Crippen molar-refractivity contribution in [1.29, 1.82) is 0 Å². The molecule has 7 heteroatoms. The lowest BCUT2D eigenvalue weighted by molar-refractivity contribution is -0.143. The number of anilines is 1. The highest BCUT2D eigenvalue weighted by Crippen LogP contribution is 2.36. The van der Waals surface area contributed by atoms with Crippen LogP contribution in [0.15, 0.2) is 71.0 Å². The van der Waals surface area contributed by atoms with Crippen LogP contribution < -0.4 is 5.32 Å². The summed E-state index contributed by atoms with van der Waals surface area (Å²) in [5, 5.41) is 22.6. The largest absolute Gasteiger partial charge is 0.506 e. The summed E-state index contributed by atoms with van der Waals surface area (Å²) in [6.07, 6.45) is 4.71. The molecule has 0 spiro atoms. The van der Waals surface area contributed by atoms with Gasteiger partial charge in [0.25, 0.3) is 5.91 Å². The number of ether oxygens (including phenoxy) is 2. The second kappa shape index (κ2) is 9.68. The van der Waals surface area contributed by atoms with Crippen molar-refractivity contribution in [3.63, 3.8) is 0 Å². The molecule has 2 heterocycles. The number of phenolic OH excluding ortho intramolecular Hbond substituents is 1. The number of aromatic hydroxyl groups is 1. The smallest absolute Gasteiger partial charge is 0.290 e. The zero-order valence-electron chi connectivity index (χ0n) is 17.0. The molecule has 162 valence electrons. The molecule has 1 aliphatic heterocycles. The van der Waals surface area contributed by atoms with Gasteiger partial charge in [-0.25, -0.2) is 0 Å². The first kappa shape index (κ1) is 21.0. The fourth-order valence-electron chi connectivity index (χ4n) is 3.61. The number of allylic oxidation sites excluding steroid dienone is 1. The molecule has 1 aromatic heterocycles. The normalized spacial score (nSPS) is 18.4. The number of hydrogen-bond acceptors (Lipinski definition) is 6. The minimum absolute atomic E-state index is 0.0264. The molecule has 1 aliphatic rings. The summed E-state index contributed by atoms with van der Waals surface area (Å²) in [7, 11) is 0. The Morgan fingerprint density at radius 1 is 1.13 bits per heavy atom. The number of phenols is 1. The molecule has 0 bridgehead atoms. The van der Waals surface area contributed by atoms with E-state index in [1.165, 1.54) is 6.07 Å². The van der Waals surface area contributed by atoms with Crippen LogP contribution in [-0.2, 0) is 14.3 Å². The van der Waals surface area contributed by atoms with E-state index in [0.717, 1.165) is 16.5 Å². The van der Waals surface area contributed by atoms with Crippen molar-refractivity contribution in [3.05, 3.63) is 72.2 Å². The third-order valence-electron chi connectivity index (χ3n) is 5.20. The van der Waals surface area contributed by atoms with Crippen molar-refractivity contribution in [2.45, 2.75) is 31.5 Å². The van der Waals surface area contributed by atoms with Gasteiger partial charge < -0.3 is 29.4 Å². The Kier molecular flexibility index (Phi) is 6.54. The van der Waals surface area contributed by atoms with Crippen molar-refractivity contribution in [3.8, 4) is 5.75 Å². The number of carbonyl (C=O) groups is 1. The fourth-order valence-corrected chi connectivity index (χ4v) is 3.61. The predicted octanol–water partition coefficient (Wildman–Crippen LogP) is 4.28. The lowest BCUT2D eigenvalue weighted by Crippen LogP contribution is -2.29. The average Bonchev–Trinajstić information content (AvgIpc) is 3.22. The number of unbranched alkanes of at least 4 members (excludes halogenated alkanes) is 1. The Labute approximate surface area is 179 Å². The van der Waals surface area contributed by atoms with Crippen LogP contribution in [-0.4, -0.2) is 35.6 Å². The van der Waals surface area contributed by atoms with Gasteiger partial charge in [-0.2, -0.15) is 0 Å². The number of fused-ring (bicyclic) bond motifs is 1. The van der Waals surface area contributed by atoms with Gasteiger partial charge in [0.15, 0.2) is 5.76 Å². The van der Waals surface area contributed by atoms with Crippen molar-refractivity contribution in [2.24, 2.45) is 0 Å². The number of amides is 1. The molecule has 2 atom stereocenters. The summed E-state index contributed by atoms with van der Waals surface area (Å²) in [5.41, 5.74) is 2.03. The lowest BCUT2D eigenvalue weighted by atomic mass is 9.92. The van der Waals surface area contributed by atoms with Crippen LogP contribution in [0.5, 0.6) is 5.75 Å². The summed E-state index contributed by atoms with van der Waals surface area (Å²) >= 11 is 0. The average molecular weight is 423 g/mol. The fraction of sp³-hybridized carbons (Fsp3) is 0.292. The van der Waals surface area contributed by atoms with Gasteiger partial charge in [0, 0.05) is 29.9 Å². The van der Waals surface area contributed by atoms with Gasteiger partial charge in [0.2, 0.25) is 6.29 Å². The third kappa shape index (κ3) is 4.90. The van der Waals surface area contributed by atoms with E-state index in [1.54, 1.807) is 30.5 Å². The molecular formula is C24H25NO6. The number of carbonyl (C=O) groups excluding carboxylic acids is 1. The Bertz CT molecular complexity index is 1070. The molecule has 0 radical (unpaired) electrons. The molecule has 3 aromatic rings. The van der Waals surface area contributed by atoms with Gasteiger partial charge in [-0.05, 0) is 37.1 Å². The molecule has 4 rings (SSSR count). The molecule has 0 fully saturated rings. The van der Waals surface area contributed by atoms with E-state index in [-0.39, 0.29) is 24.0 Å². The summed E-state index contributed by atoms with van der Waals surface area (Å²) in [4.78, 5) is 12.9. The second-order valence-corrected chi connectivity index (χ2v) is 7.38. The number of aliphatic hydroxyl groups is 1. The Balaban J connectivity index is 1.58. The summed E-state index contributed by atoms with van der Waals surface area (Å²) in [6.45, 7) is 0.519. The third-order valence-corrected chi connectivity index (χ3v) is 5.20. The molecule has 0 saturated carbocycles. The molecular weight excluding hydrogens is 398 g/mol. The summed E-state index contributed by atoms with van der Waals surface area (Å²) in [5.74, 6) is -0.522. The van der Waals surface area contributed by atoms with Crippen LogP contribution in [0.2, 0.25) is 0 Å². The topological polar surface area (TPSA) is 101 Å². The van der Waals surface area contributed by atoms with E-state index in [0.29, 0.717) is 31.6 Å². The zero-order valence-corrected chi connectivity index (χ0v) is 17.0. The molecule has 1 amide bonds. The highest BCUT2D eigenvalue weighted by atomic mass is 16.7. The van der Waals surface area contributed by atoms with Gasteiger partial charge in [0.1, 0.15) is 11.3 Å². The van der Waals surface area contributed by atoms with Gasteiger partial charge in [-0.3, -0.25) is 4.79 Å². The maximum Gasteiger partial charge on any atom is 0.290 e. The maximum absolute atomic E-state index is 12.9. The number of furan rings is 1. The van der Waals surface area contributed by atoms with Crippen molar-refractivity contribution >= 4 is 22.6 Å². The van der Waals surface area contributed by atoms with Crippen LogP contribution >= 0.6 is 0 Å². The zero-order chi connectivity index (χ0) is 21.6. The number of benzene rings is 2. The van der Waals surface area contributed by atoms with Crippen molar-refractivity contribution in [2.75, 3.05) is 18.5 Å². The number of nitrogens with one attached hydrogen (secondary N) is 1. The SMILES string of the molecule is O=C(Nc1ccccc1O)C1=CC(c2coc3ccccc23)CC(OCCCCO)O1. The first-order chi connectivity index (χ1) is 15.2. The standard InChI is InChI=1S/C24H25NO6/c26-11-5-6-12-29-23-14-16(18-15-30-21-10-4-1-7-17(18)21)13-22(31-23)24(28)25-19-8-2-3-9-20(19)27/h1-4,7-10,13,15-16,23,26-27H,5-6,11-12,14H2,(H,25,28). The van der Waals surface area contributed by atoms with Gasteiger partial charge >= 0.3 is 0 Å². The Morgan fingerprint density at radius 3 is 2.77 bits per heavy atom. The second-order valence-electron chi connectivity index (χ2n) is 7.38. The van der Waals surface area contributed by atoms with Gasteiger partial charge in [0.05, 0.1) is 18.6 Å². The van der Waals surface area contributed by atoms with E-state index in [4.69, 9.17) is 19.0 Å². The molecule has 2 unspecified atom stereocenters. The lowest BCUT2D eigenvalue weighted by Gasteiger charge is -2.29. The first-order valence-electron chi connectivity index (χ1n) is 10.3. The number of para-hydroxylation sites is 3. The van der Waals surface area contributed by atoms with Crippen LogP contribution in [0.25, 0.3) is 11.0 Å². The van der Waals surface area contributed by atoms with E-state index in [2.05, 4.69) is 5.32 Å².